The summed E-state index contributed by atoms with van der Waals surface area (Å²) in [5, 5.41) is 4.07. The van der Waals surface area contributed by atoms with Crippen molar-refractivity contribution in [3.63, 3.8) is 0 Å². The summed E-state index contributed by atoms with van der Waals surface area (Å²) in [7, 11) is 0. The van der Waals surface area contributed by atoms with Gasteiger partial charge < -0.3 is 9.74 Å². The first-order chi connectivity index (χ1) is 9.34. The Kier molecular flexibility index (Phi) is 3.49. The Morgan fingerprint density at radius 2 is 1.89 bits per heavy atom. The molecule has 2 heterocycles. The molecule has 1 fully saturated rings. The third-order valence-corrected chi connectivity index (χ3v) is 3.72. The molecule has 0 unspecified atom stereocenters. The van der Waals surface area contributed by atoms with Crippen molar-refractivity contribution in [3.8, 4) is 0 Å². The summed E-state index contributed by atoms with van der Waals surface area (Å²) >= 11 is 0. The number of benzene rings is 1. The van der Waals surface area contributed by atoms with E-state index in [2.05, 4.69) is 5.16 Å². The first-order valence-electron chi connectivity index (χ1n) is 6.91. The molecule has 1 amide bonds. The molecular weight excluding hydrogens is 240 g/mol. The van der Waals surface area contributed by atoms with Crippen LogP contribution in [0.15, 0.2) is 35.5 Å². The van der Waals surface area contributed by atoms with Gasteiger partial charge >= 0.3 is 0 Å². The van der Waals surface area contributed by atoms with E-state index in [9.17, 15) is 4.79 Å². The smallest absolute Gasteiger partial charge is 0.266 e. The van der Waals surface area contributed by atoms with Crippen LogP contribution in [0.5, 0.6) is 0 Å². The molecule has 4 nitrogen and oxygen atoms in total. The maximum absolute atomic E-state index is 12.3. The lowest BCUT2D eigenvalue weighted by Crippen LogP contribution is -2.42. The first kappa shape index (κ1) is 12.2. The van der Waals surface area contributed by atoms with E-state index in [1.807, 2.05) is 35.2 Å². The molecule has 0 saturated carbocycles. The number of piperidine rings is 1. The van der Waals surface area contributed by atoms with Gasteiger partial charge in [0.2, 0.25) is 6.10 Å². The Bertz CT molecular complexity index is 478. The minimum atomic E-state index is -0.423. The van der Waals surface area contributed by atoms with Crippen LogP contribution in [0, 0.1) is 0 Å². The molecule has 2 aliphatic rings. The molecule has 1 atom stereocenters. The van der Waals surface area contributed by atoms with Crippen LogP contribution in [-0.4, -0.2) is 35.7 Å². The quantitative estimate of drug-likeness (QED) is 0.816. The third kappa shape index (κ3) is 2.62. The van der Waals surface area contributed by atoms with Crippen LogP contribution in [0.25, 0.3) is 0 Å². The van der Waals surface area contributed by atoms with E-state index in [0.717, 1.165) is 37.2 Å². The molecule has 0 bridgehead atoms. The summed E-state index contributed by atoms with van der Waals surface area (Å²) < 4.78 is 0. The van der Waals surface area contributed by atoms with Crippen LogP contribution in [0.2, 0.25) is 0 Å². The molecular formula is C15H18N2O2. The van der Waals surface area contributed by atoms with Crippen molar-refractivity contribution in [2.45, 2.75) is 31.8 Å². The minimum Gasteiger partial charge on any atom is -0.382 e. The van der Waals surface area contributed by atoms with Gasteiger partial charge in [-0.25, -0.2) is 0 Å². The number of carbonyl (C=O) groups is 1. The van der Waals surface area contributed by atoms with Crippen molar-refractivity contribution in [1.29, 1.82) is 0 Å². The Balaban J connectivity index is 1.63. The van der Waals surface area contributed by atoms with Crippen LogP contribution >= 0.6 is 0 Å². The van der Waals surface area contributed by atoms with Gasteiger partial charge in [-0.1, -0.05) is 35.5 Å². The van der Waals surface area contributed by atoms with E-state index in [0.29, 0.717) is 6.42 Å². The SMILES string of the molecule is O=C([C@@H]1CC(c2ccccc2)=NO1)N1CCCCC1. The molecule has 3 rings (SSSR count). The van der Waals surface area contributed by atoms with Gasteiger partial charge in [0.05, 0.1) is 5.71 Å². The van der Waals surface area contributed by atoms with Crippen molar-refractivity contribution in [1.82, 2.24) is 4.90 Å². The highest BCUT2D eigenvalue weighted by atomic mass is 16.6. The fraction of sp³-hybridized carbons (Fsp3) is 0.467. The summed E-state index contributed by atoms with van der Waals surface area (Å²) in [4.78, 5) is 19.6. The van der Waals surface area contributed by atoms with E-state index < -0.39 is 6.10 Å². The monoisotopic (exact) mass is 258 g/mol. The van der Waals surface area contributed by atoms with Gasteiger partial charge in [0, 0.05) is 19.5 Å². The third-order valence-electron chi connectivity index (χ3n) is 3.72. The maximum Gasteiger partial charge on any atom is 0.266 e. The molecule has 0 radical (unpaired) electrons. The highest BCUT2D eigenvalue weighted by Gasteiger charge is 2.32. The zero-order chi connectivity index (χ0) is 13.1. The summed E-state index contributed by atoms with van der Waals surface area (Å²) in [5.74, 6) is 0.0920. The highest BCUT2D eigenvalue weighted by molar-refractivity contribution is 6.04. The molecule has 1 aromatic carbocycles. The molecule has 4 heteroatoms. The van der Waals surface area contributed by atoms with E-state index >= 15 is 0 Å². The molecule has 0 N–H and O–H groups in total. The van der Waals surface area contributed by atoms with Crippen molar-refractivity contribution in [3.05, 3.63) is 35.9 Å². The lowest BCUT2D eigenvalue weighted by Gasteiger charge is -2.28. The molecule has 1 saturated heterocycles. The lowest BCUT2D eigenvalue weighted by atomic mass is 10.0. The number of nitrogens with zero attached hydrogens (tertiary/aromatic N) is 2. The van der Waals surface area contributed by atoms with E-state index in [-0.39, 0.29) is 5.91 Å². The molecule has 0 aromatic heterocycles. The van der Waals surface area contributed by atoms with Gasteiger partial charge in [-0.2, -0.15) is 0 Å². The maximum atomic E-state index is 12.3. The van der Waals surface area contributed by atoms with E-state index in [4.69, 9.17) is 4.84 Å². The fourth-order valence-corrected chi connectivity index (χ4v) is 2.63. The van der Waals surface area contributed by atoms with Crippen molar-refractivity contribution >= 4 is 11.6 Å². The molecule has 2 aliphatic heterocycles. The fourth-order valence-electron chi connectivity index (χ4n) is 2.63. The number of likely N-dealkylation sites (tertiary alicyclic amines) is 1. The Morgan fingerprint density at radius 3 is 2.63 bits per heavy atom. The average molecular weight is 258 g/mol. The van der Waals surface area contributed by atoms with E-state index in [1.165, 1.54) is 6.42 Å². The Morgan fingerprint density at radius 1 is 1.16 bits per heavy atom. The number of carbonyl (C=O) groups excluding carboxylic acids is 1. The second kappa shape index (κ2) is 5.43. The number of rotatable bonds is 2. The normalized spacial score (nSPS) is 22.8. The average Bonchev–Trinajstić information content (AvgIpc) is 2.98. The molecule has 0 aliphatic carbocycles. The predicted molar refractivity (Wildman–Crippen MR) is 72.9 cm³/mol. The summed E-state index contributed by atoms with van der Waals surface area (Å²) in [5.41, 5.74) is 1.91. The molecule has 1 aromatic rings. The molecule has 19 heavy (non-hydrogen) atoms. The predicted octanol–water partition coefficient (Wildman–Crippen LogP) is 2.19. The van der Waals surface area contributed by atoms with Gasteiger partial charge in [-0.3, -0.25) is 4.79 Å². The minimum absolute atomic E-state index is 0.0920. The van der Waals surface area contributed by atoms with Crippen molar-refractivity contribution < 1.29 is 9.63 Å². The lowest BCUT2D eigenvalue weighted by molar-refractivity contribution is -0.143. The van der Waals surface area contributed by atoms with Gasteiger partial charge in [-0.15, -0.1) is 0 Å². The number of oxime groups is 1. The zero-order valence-corrected chi connectivity index (χ0v) is 10.9. The van der Waals surface area contributed by atoms with Crippen LogP contribution in [0.1, 0.15) is 31.2 Å². The standard InChI is InChI=1S/C15H18N2O2/c18-15(17-9-5-2-6-10-17)14-11-13(16-19-14)12-7-3-1-4-8-12/h1,3-4,7-8,14H,2,5-6,9-11H2/t14-/m0/s1. The van der Waals surface area contributed by atoms with Crippen LogP contribution < -0.4 is 0 Å². The van der Waals surface area contributed by atoms with Crippen molar-refractivity contribution in [2.75, 3.05) is 13.1 Å². The molecule has 100 valence electrons. The number of amides is 1. The highest BCUT2D eigenvalue weighted by Crippen LogP contribution is 2.20. The summed E-state index contributed by atoms with van der Waals surface area (Å²) in [6.45, 7) is 1.72. The number of hydrogen-bond acceptors (Lipinski definition) is 3. The van der Waals surface area contributed by atoms with E-state index in [1.54, 1.807) is 0 Å². The summed E-state index contributed by atoms with van der Waals surface area (Å²) in [6.07, 6.45) is 3.59. The van der Waals surface area contributed by atoms with Crippen molar-refractivity contribution in [2.24, 2.45) is 5.16 Å². The number of hydrogen-bond donors (Lipinski definition) is 0. The van der Waals surface area contributed by atoms with Gasteiger partial charge in [0.15, 0.2) is 0 Å². The Hall–Kier alpha value is -1.84. The van der Waals surface area contributed by atoms with Crippen LogP contribution in [0.3, 0.4) is 0 Å². The van der Waals surface area contributed by atoms with Gasteiger partial charge in [0.1, 0.15) is 0 Å². The Labute approximate surface area is 113 Å². The van der Waals surface area contributed by atoms with Crippen LogP contribution in [0.4, 0.5) is 0 Å². The topological polar surface area (TPSA) is 41.9 Å². The van der Waals surface area contributed by atoms with Gasteiger partial charge in [0.25, 0.3) is 5.91 Å². The second-order valence-corrected chi connectivity index (χ2v) is 5.09. The zero-order valence-electron chi connectivity index (χ0n) is 10.9. The first-order valence-corrected chi connectivity index (χ1v) is 6.91. The van der Waals surface area contributed by atoms with Crippen LogP contribution in [-0.2, 0) is 9.63 Å². The van der Waals surface area contributed by atoms with Gasteiger partial charge in [-0.05, 0) is 24.8 Å². The molecule has 0 spiro atoms. The second-order valence-electron chi connectivity index (χ2n) is 5.09. The summed E-state index contributed by atoms with van der Waals surface area (Å²) in [6, 6.07) is 9.90. The largest absolute Gasteiger partial charge is 0.382 e.